The summed E-state index contributed by atoms with van der Waals surface area (Å²) in [5, 5.41) is 2.33. The summed E-state index contributed by atoms with van der Waals surface area (Å²) in [7, 11) is 0. The van der Waals surface area contributed by atoms with Crippen LogP contribution in [0.2, 0.25) is 0 Å². The summed E-state index contributed by atoms with van der Waals surface area (Å²) in [6.45, 7) is 2.23. The van der Waals surface area contributed by atoms with E-state index in [0.29, 0.717) is 17.9 Å². The first-order chi connectivity index (χ1) is 9.52. The van der Waals surface area contributed by atoms with Crippen LogP contribution < -0.4 is 15.8 Å². The molecule has 0 heterocycles. The molecule has 0 aliphatic rings. The van der Waals surface area contributed by atoms with Crippen molar-refractivity contribution in [1.82, 2.24) is 5.32 Å². The average Bonchev–Trinajstić information content (AvgIpc) is 2.43. The number of amides is 2. The summed E-state index contributed by atoms with van der Waals surface area (Å²) in [6.07, 6.45) is 0.109. The van der Waals surface area contributed by atoms with Crippen molar-refractivity contribution in [2.45, 2.75) is 19.8 Å². The smallest absolute Gasteiger partial charge is 0.236 e. The minimum Gasteiger partial charge on any atom is -0.494 e. The fourth-order valence-electron chi connectivity index (χ4n) is 1.55. The lowest BCUT2D eigenvalue weighted by molar-refractivity contribution is -0.124. The minimum absolute atomic E-state index is 0.0271. The third-order valence-corrected chi connectivity index (χ3v) is 2.53. The highest BCUT2D eigenvalue weighted by molar-refractivity contribution is 5.98. The van der Waals surface area contributed by atoms with E-state index in [1.165, 1.54) is 0 Å². The van der Waals surface area contributed by atoms with Crippen molar-refractivity contribution in [2.24, 2.45) is 5.73 Å². The second-order valence-corrected chi connectivity index (χ2v) is 4.12. The maximum Gasteiger partial charge on any atom is 0.236 e. The van der Waals surface area contributed by atoms with Gasteiger partial charge in [-0.05, 0) is 31.2 Å². The van der Waals surface area contributed by atoms with Crippen molar-refractivity contribution in [3.8, 4) is 5.75 Å². The van der Waals surface area contributed by atoms with Gasteiger partial charge in [0.1, 0.15) is 5.75 Å². The number of hydrogen-bond acceptors (Lipinski definition) is 4. The molecule has 6 heteroatoms. The highest BCUT2D eigenvalue weighted by Gasteiger charge is 2.09. The quantitative estimate of drug-likeness (QED) is 0.682. The van der Waals surface area contributed by atoms with E-state index < -0.39 is 5.91 Å². The van der Waals surface area contributed by atoms with Crippen LogP contribution in [0.5, 0.6) is 5.75 Å². The molecule has 6 nitrogen and oxygen atoms in total. The van der Waals surface area contributed by atoms with Gasteiger partial charge in [-0.3, -0.25) is 14.4 Å². The molecule has 0 bridgehead atoms. The maximum atomic E-state index is 11.8. The van der Waals surface area contributed by atoms with Crippen LogP contribution in [-0.4, -0.2) is 30.7 Å². The number of carbonyl (C=O) groups excluding carboxylic acids is 3. The van der Waals surface area contributed by atoms with Crippen LogP contribution in [-0.2, 0) is 9.59 Å². The number of nitrogens with two attached hydrogens (primary N) is 1. The maximum absolute atomic E-state index is 11.8. The summed E-state index contributed by atoms with van der Waals surface area (Å²) >= 11 is 0. The van der Waals surface area contributed by atoms with Gasteiger partial charge in [-0.25, -0.2) is 0 Å². The van der Waals surface area contributed by atoms with Crippen molar-refractivity contribution >= 4 is 17.6 Å². The molecule has 0 atom stereocenters. The average molecular weight is 278 g/mol. The zero-order valence-electron chi connectivity index (χ0n) is 11.3. The molecule has 1 rings (SSSR count). The Bertz CT molecular complexity index is 482. The lowest BCUT2D eigenvalue weighted by Crippen LogP contribution is -2.33. The van der Waals surface area contributed by atoms with E-state index in [4.69, 9.17) is 10.5 Å². The molecule has 1 aromatic carbocycles. The highest BCUT2D eigenvalue weighted by atomic mass is 16.5. The fourth-order valence-corrected chi connectivity index (χ4v) is 1.55. The predicted octanol–water partition coefficient (Wildman–Crippen LogP) is 0.650. The normalized spacial score (nSPS) is 9.85. The van der Waals surface area contributed by atoms with Gasteiger partial charge < -0.3 is 15.8 Å². The van der Waals surface area contributed by atoms with E-state index in [1.54, 1.807) is 24.3 Å². The van der Waals surface area contributed by atoms with Gasteiger partial charge in [0.05, 0.1) is 13.2 Å². The van der Waals surface area contributed by atoms with Crippen LogP contribution in [0.4, 0.5) is 0 Å². The first-order valence-corrected chi connectivity index (χ1v) is 6.34. The molecule has 0 radical (unpaired) electrons. The largest absolute Gasteiger partial charge is 0.494 e. The topological polar surface area (TPSA) is 98.5 Å². The molecule has 0 aliphatic carbocycles. The molecule has 0 aliphatic heterocycles. The van der Waals surface area contributed by atoms with Gasteiger partial charge >= 0.3 is 0 Å². The Balaban J connectivity index is 2.42. The second-order valence-electron chi connectivity index (χ2n) is 4.12. The summed E-state index contributed by atoms with van der Waals surface area (Å²) in [6, 6.07) is 6.75. The summed E-state index contributed by atoms with van der Waals surface area (Å²) < 4.78 is 5.27. The third kappa shape index (κ3) is 5.51. The van der Waals surface area contributed by atoms with E-state index in [9.17, 15) is 14.4 Å². The SMILES string of the molecule is CCOc1ccc(C(=O)CCC(=O)NCC(N)=O)cc1. The number of ether oxygens (including phenoxy) is 1. The number of nitrogens with one attached hydrogen (secondary N) is 1. The first kappa shape index (κ1) is 15.7. The molecule has 0 saturated heterocycles. The van der Waals surface area contributed by atoms with Crippen LogP contribution in [0.3, 0.4) is 0 Å². The highest BCUT2D eigenvalue weighted by Crippen LogP contribution is 2.13. The molecule has 20 heavy (non-hydrogen) atoms. The molecule has 0 fully saturated rings. The van der Waals surface area contributed by atoms with Gasteiger partial charge in [-0.1, -0.05) is 0 Å². The molecule has 0 aromatic heterocycles. The van der Waals surface area contributed by atoms with Crippen molar-refractivity contribution in [3.05, 3.63) is 29.8 Å². The molecule has 108 valence electrons. The van der Waals surface area contributed by atoms with Gasteiger partial charge in [-0.15, -0.1) is 0 Å². The van der Waals surface area contributed by atoms with Crippen molar-refractivity contribution < 1.29 is 19.1 Å². The van der Waals surface area contributed by atoms with Crippen LogP contribution in [0.1, 0.15) is 30.1 Å². The fraction of sp³-hybridized carbons (Fsp3) is 0.357. The van der Waals surface area contributed by atoms with Crippen LogP contribution in [0.25, 0.3) is 0 Å². The molecule has 0 unspecified atom stereocenters. The van der Waals surface area contributed by atoms with Crippen LogP contribution in [0, 0.1) is 0 Å². The molecular weight excluding hydrogens is 260 g/mol. The Kier molecular flexibility index (Phi) is 6.22. The standard InChI is InChI=1S/C14H18N2O4/c1-2-20-11-5-3-10(4-6-11)12(17)7-8-14(19)16-9-13(15)18/h3-6H,2,7-9H2,1H3,(H2,15,18)(H,16,19). The zero-order valence-corrected chi connectivity index (χ0v) is 11.3. The molecule has 2 amide bonds. The van der Waals surface area contributed by atoms with Crippen LogP contribution in [0.15, 0.2) is 24.3 Å². The van der Waals surface area contributed by atoms with E-state index in [1.807, 2.05) is 6.92 Å². The molecule has 0 spiro atoms. The molecule has 0 saturated carbocycles. The van der Waals surface area contributed by atoms with E-state index in [0.717, 1.165) is 0 Å². The Hall–Kier alpha value is -2.37. The summed E-state index contributed by atoms with van der Waals surface area (Å²) in [4.78, 5) is 33.7. The number of rotatable bonds is 8. The summed E-state index contributed by atoms with van der Waals surface area (Å²) in [5.41, 5.74) is 5.42. The third-order valence-electron chi connectivity index (χ3n) is 2.53. The molecular formula is C14H18N2O4. The van der Waals surface area contributed by atoms with E-state index >= 15 is 0 Å². The first-order valence-electron chi connectivity index (χ1n) is 6.34. The monoisotopic (exact) mass is 278 g/mol. The number of ketones is 1. The number of Topliss-reactive ketones (excluding diaryl/α,β-unsaturated/α-hetero) is 1. The van der Waals surface area contributed by atoms with Gasteiger partial charge in [0, 0.05) is 18.4 Å². The van der Waals surface area contributed by atoms with Crippen molar-refractivity contribution in [3.63, 3.8) is 0 Å². The Morgan fingerprint density at radius 1 is 1.15 bits per heavy atom. The van der Waals surface area contributed by atoms with E-state index in [-0.39, 0.29) is 31.1 Å². The zero-order chi connectivity index (χ0) is 15.0. The minimum atomic E-state index is -0.615. The van der Waals surface area contributed by atoms with Gasteiger partial charge in [0.15, 0.2) is 5.78 Å². The Morgan fingerprint density at radius 3 is 2.35 bits per heavy atom. The van der Waals surface area contributed by atoms with Crippen LogP contribution >= 0.6 is 0 Å². The number of hydrogen-bond donors (Lipinski definition) is 2. The summed E-state index contributed by atoms with van der Waals surface area (Å²) in [5.74, 6) is -0.426. The number of benzene rings is 1. The van der Waals surface area contributed by atoms with Gasteiger partial charge in [-0.2, -0.15) is 0 Å². The van der Waals surface area contributed by atoms with Gasteiger partial charge in [0.25, 0.3) is 0 Å². The van der Waals surface area contributed by atoms with Gasteiger partial charge in [0.2, 0.25) is 11.8 Å². The number of primary amides is 1. The van der Waals surface area contributed by atoms with Crippen molar-refractivity contribution in [1.29, 1.82) is 0 Å². The van der Waals surface area contributed by atoms with E-state index in [2.05, 4.69) is 5.32 Å². The Labute approximate surface area is 117 Å². The predicted molar refractivity (Wildman–Crippen MR) is 73.4 cm³/mol. The lowest BCUT2D eigenvalue weighted by atomic mass is 10.1. The molecule has 3 N–H and O–H groups in total. The second kappa shape index (κ2) is 7.93. The lowest BCUT2D eigenvalue weighted by Gasteiger charge is -2.05. The number of carbonyl (C=O) groups is 3. The van der Waals surface area contributed by atoms with Crippen molar-refractivity contribution in [2.75, 3.05) is 13.2 Å². The Morgan fingerprint density at radius 2 is 1.80 bits per heavy atom. The molecule has 1 aromatic rings.